The van der Waals surface area contributed by atoms with Crippen molar-refractivity contribution in [2.75, 3.05) is 52.5 Å². The van der Waals surface area contributed by atoms with Crippen LogP contribution in [-0.4, -0.2) is 85.1 Å². The molecule has 124 valence electrons. The summed E-state index contributed by atoms with van der Waals surface area (Å²) in [5, 5.41) is 13.2. The van der Waals surface area contributed by atoms with Crippen molar-refractivity contribution in [3.63, 3.8) is 0 Å². The van der Waals surface area contributed by atoms with Gasteiger partial charge in [-0.05, 0) is 26.3 Å². The first-order chi connectivity index (χ1) is 10.0. The third-order valence-electron chi connectivity index (χ3n) is 4.78. The monoisotopic (exact) mass is 299 g/mol. The molecule has 0 aromatic carbocycles. The van der Waals surface area contributed by atoms with E-state index >= 15 is 0 Å². The second kappa shape index (κ2) is 7.88. The van der Waals surface area contributed by atoms with Crippen LogP contribution in [0.1, 0.15) is 33.6 Å². The van der Waals surface area contributed by atoms with Gasteiger partial charge in [0.1, 0.15) is 0 Å². The second-order valence-corrected chi connectivity index (χ2v) is 7.16. The van der Waals surface area contributed by atoms with Gasteiger partial charge in [-0.2, -0.15) is 0 Å². The Balaban J connectivity index is 1.74. The van der Waals surface area contributed by atoms with Crippen molar-refractivity contribution in [2.24, 2.45) is 0 Å². The van der Waals surface area contributed by atoms with Gasteiger partial charge in [0.15, 0.2) is 0 Å². The molecule has 0 amide bonds. The van der Waals surface area contributed by atoms with E-state index in [2.05, 4.69) is 35.9 Å². The molecular weight excluding hydrogens is 266 g/mol. The van der Waals surface area contributed by atoms with E-state index < -0.39 is 0 Å². The van der Waals surface area contributed by atoms with Crippen molar-refractivity contribution in [1.82, 2.24) is 15.1 Å². The van der Waals surface area contributed by atoms with Crippen molar-refractivity contribution >= 4 is 0 Å². The van der Waals surface area contributed by atoms with Crippen molar-refractivity contribution < 1.29 is 9.84 Å². The molecule has 21 heavy (non-hydrogen) atoms. The quantitative estimate of drug-likeness (QED) is 0.718. The van der Waals surface area contributed by atoms with Crippen LogP contribution in [0.2, 0.25) is 0 Å². The lowest BCUT2D eigenvalue weighted by Gasteiger charge is -2.34. The highest BCUT2D eigenvalue weighted by Gasteiger charge is 2.30. The Hall–Kier alpha value is -0.200. The number of morpholine rings is 1. The van der Waals surface area contributed by atoms with Crippen LogP contribution in [0.25, 0.3) is 0 Å². The minimum absolute atomic E-state index is 0.161. The smallest absolute Gasteiger partial charge is 0.0611 e. The zero-order valence-electron chi connectivity index (χ0n) is 14.0. The molecule has 0 aromatic heterocycles. The van der Waals surface area contributed by atoms with E-state index in [0.29, 0.717) is 12.1 Å². The third-order valence-corrected chi connectivity index (χ3v) is 4.78. The van der Waals surface area contributed by atoms with Crippen molar-refractivity contribution in [2.45, 2.75) is 51.2 Å². The average Bonchev–Trinajstić information content (AvgIpc) is 2.94. The Labute approximate surface area is 129 Å². The van der Waals surface area contributed by atoms with Gasteiger partial charge in [0.25, 0.3) is 0 Å². The lowest BCUT2D eigenvalue weighted by Crippen LogP contribution is -2.51. The summed E-state index contributed by atoms with van der Waals surface area (Å²) in [5.41, 5.74) is -0.161. The summed E-state index contributed by atoms with van der Waals surface area (Å²) in [5.74, 6) is 0. The number of likely N-dealkylation sites (tertiary alicyclic amines) is 1. The van der Waals surface area contributed by atoms with Crippen LogP contribution in [0.5, 0.6) is 0 Å². The highest BCUT2D eigenvalue weighted by atomic mass is 16.5. The maximum atomic E-state index is 9.66. The topological polar surface area (TPSA) is 48.0 Å². The zero-order chi connectivity index (χ0) is 15.3. The molecule has 2 fully saturated rings. The predicted octanol–water partition coefficient (Wildman–Crippen LogP) is 0.532. The number of ether oxygens (including phenoxy) is 1. The highest BCUT2D eigenvalue weighted by molar-refractivity contribution is 4.89. The molecular formula is C16H33N3O2. The molecule has 0 spiro atoms. The fourth-order valence-corrected chi connectivity index (χ4v) is 3.55. The first-order valence-corrected chi connectivity index (χ1v) is 8.45. The van der Waals surface area contributed by atoms with Crippen LogP contribution < -0.4 is 5.32 Å². The van der Waals surface area contributed by atoms with Crippen molar-refractivity contribution in [1.29, 1.82) is 0 Å². The second-order valence-electron chi connectivity index (χ2n) is 7.16. The maximum absolute atomic E-state index is 9.66. The van der Waals surface area contributed by atoms with E-state index in [1.165, 1.54) is 19.5 Å². The van der Waals surface area contributed by atoms with E-state index in [4.69, 9.17) is 4.74 Å². The molecule has 2 N–H and O–H groups in total. The molecule has 0 saturated carbocycles. The van der Waals surface area contributed by atoms with Crippen LogP contribution in [0.15, 0.2) is 0 Å². The van der Waals surface area contributed by atoms with Gasteiger partial charge in [-0.1, -0.05) is 13.8 Å². The summed E-state index contributed by atoms with van der Waals surface area (Å²) in [4.78, 5) is 5.14. The fourth-order valence-electron chi connectivity index (χ4n) is 3.55. The summed E-state index contributed by atoms with van der Waals surface area (Å²) in [6.45, 7) is 14.0. The number of rotatable bonds is 7. The molecule has 0 bridgehead atoms. The number of aliphatic hydroxyl groups is 1. The fraction of sp³-hybridized carbons (Fsp3) is 1.00. The van der Waals surface area contributed by atoms with Crippen LogP contribution in [-0.2, 0) is 4.74 Å². The van der Waals surface area contributed by atoms with Gasteiger partial charge in [0.2, 0.25) is 0 Å². The van der Waals surface area contributed by atoms with Gasteiger partial charge < -0.3 is 20.1 Å². The van der Waals surface area contributed by atoms with E-state index in [9.17, 15) is 5.11 Å². The Kier molecular flexibility index (Phi) is 6.44. The lowest BCUT2D eigenvalue weighted by molar-refractivity contribution is 0.0183. The molecule has 5 heteroatoms. The molecule has 5 nitrogen and oxygen atoms in total. The molecule has 2 aliphatic heterocycles. The molecule has 2 unspecified atom stereocenters. The number of nitrogens with one attached hydrogen (secondary N) is 1. The molecule has 2 rings (SSSR count). The van der Waals surface area contributed by atoms with Crippen LogP contribution in [0, 0.1) is 0 Å². The van der Waals surface area contributed by atoms with E-state index in [0.717, 1.165) is 39.3 Å². The molecule has 2 aliphatic rings. The average molecular weight is 299 g/mol. The minimum Gasteiger partial charge on any atom is -0.394 e. The van der Waals surface area contributed by atoms with Crippen molar-refractivity contribution in [3.05, 3.63) is 0 Å². The Morgan fingerprint density at radius 1 is 1.29 bits per heavy atom. The molecule has 2 saturated heterocycles. The van der Waals surface area contributed by atoms with E-state index in [1.54, 1.807) is 0 Å². The molecule has 0 radical (unpaired) electrons. The number of aliphatic hydroxyl groups excluding tert-OH is 1. The zero-order valence-corrected chi connectivity index (χ0v) is 14.0. The van der Waals surface area contributed by atoms with Gasteiger partial charge >= 0.3 is 0 Å². The molecule has 2 heterocycles. The number of hydrogen-bond acceptors (Lipinski definition) is 5. The molecule has 0 aliphatic carbocycles. The molecule has 0 aromatic rings. The summed E-state index contributed by atoms with van der Waals surface area (Å²) in [6.07, 6.45) is 2.27. The third kappa shape index (κ3) is 5.18. The van der Waals surface area contributed by atoms with Crippen LogP contribution >= 0.6 is 0 Å². The Morgan fingerprint density at radius 2 is 2.00 bits per heavy atom. The standard InChI is InChI=1S/C16H33N3O2/c1-14(2)17-16(3,13-20)5-7-18-6-4-15(12-18)19-8-10-21-11-9-19/h14-15,17,20H,4-13H2,1-3H3. The summed E-state index contributed by atoms with van der Waals surface area (Å²) < 4.78 is 5.44. The van der Waals surface area contributed by atoms with Gasteiger partial charge in [-0.25, -0.2) is 0 Å². The van der Waals surface area contributed by atoms with Crippen LogP contribution in [0.3, 0.4) is 0 Å². The van der Waals surface area contributed by atoms with Gasteiger partial charge in [-0.3, -0.25) is 4.90 Å². The Bertz CT molecular complexity index is 308. The lowest BCUT2D eigenvalue weighted by atomic mass is 9.97. The normalized spacial score (nSPS) is 28.1. The molecule has 2 atom stereocenters. The largest absolute Gasteiger partial charge is 0.394 e. The summed E-state index contributed by atoms with van der Waals surface area (Å²) in [6, 6.07) is 1.11. The van der Waals surface area contributed by atoms with Crippen LogP contribution in [0.4, 0.5) is 0 Å². The highest BCUT2D eigenvalue weighted by Crippen LogP contribution is 2.19. The minimum atomic E-state index is -0.161. The summed E-state index contributed by atoms with van der Waals surface area (Å²) >= 11 is 0. The van der Waals surface area contributed by atoms with E-state index in [1.807, 2.05) is 0 Å². The number of hydrogen-bond donors (Lipinski definition) is 2. The summed E-state index contributed by atoms with van der Waals surface area (Å²) in [7, 11) is 0. The predicted molar refractivity (Wildman–Crippen MR) is 85.6 cm³/mol. The maximum Gasteiger partial charge on any atom is 0.0611 e. The van der Waals surface area contributed by atoms with Gasteiger partial charge in [0, 0.05) is 43.8 Å². The van der Waals surface area contributed by atoms with Crippen molar-refractivity contribution in [3.8, 4) is 0 Å². The number of nitrogens with zero attached hydrogens (tertiary/aromatic N) is 2. The van der Waals surface area contributed by atoms with Gasteiger partial charge in [-0.15, -0.1) is 0 Å². The first kappa shape index (κ1) is 17.2. The Morgan fingerprint density at radius 3 is 2.62 bits per heavy atom. The van der Waals surface area contributed by atoms with Gasteiger partial charge in [0.05, 0.1) is 19.8 Å². The van der Waals surface area contributed by atoms with E-state index in [-0.39, 0.29) is 12.1 Å². The SMILES string of the molecule is CC(C)NC(C)(CO)CCN1CCC(N2CCOCC2)C1. The first-order valence-electron chi connectivity index (χ1n) is 8.45.